The quantitative estimate of drug-likeness (QED) is 0.668. The van der Waals surface area contributed by atoms with E-state index in [-0.39, 0.29) is 5.92 Å². The highest BCUT2D eigenvalue weighted by atomic mass is 32.2. The van der Waals surface area contributed by atoms with Crippen LogP contribution in [-0.2, 0) is 14.5 Å². The minimum Gasteiger partial charge on any atom is -0.424 e. The van der Waals surface area contributed by atoms with Crippen molar-refractivity contribution in [1.29, 1.82) is 0 Å². The van der Waals surface area contributed by atoms with Gasteiger partial charge in [-0.2, -0.15) is 13.1 Å². The lowest BCUT2D eigenvalue weighted by Gasteiger charge is -2.45. The van der Waals surface area contributed by atoms with Crippen LogP contribution >= 0.6 is 0 Å². The fourth-order valence-corrected chi connectivity index (χ4v) is 10.0. The number of benzene rings is 2. The van der Waals surface area contributed by atoms with Crippen molar-refractivity contribution in [2.45, 2.75) is 64.1 Å². The van der Waals surface area contributed by atoms with Gasteiger partial charge < -0.3 is 4.80 Å². The molecule has 1 fully saturated rings. The predicted octanol–water partition coefficient (Wildman–Crippen LogP) is 2.95. The summed E-state index contributed by atoms with van der Waals surface area (Å²) < 4.78 is 32.4. The highest BCUT2D eigenvalue weighted by Crippen LogP contribution is 2.43. The highest BCUT2D eigenvalue weighted by Gasteiger charge is 2.51. The van der Waals surface area contributed by atoms with Gasteiger partial charge in [-0.05, 0) is 48.0 Å². The molecule has 2 aromatic rings. The molecule has 0 saturated carbocycles. The van der Waals surface area contributed by atoms with Crippen molar-refractivity contribution in [3.63, 3.8) is 0 Å². The van der Waals surface area contributed by atoms with Crippen LogP contribution in [0.15, 0.2) is 60.7 Å². The average molecular weight is 448 g/mol. The Hall–Kier alpha value is -1.51. The van der Waals surface area contributed by atoms with E-state index >= 15 is 0 Å². The molecular weight excluding hydrogens is 414 g/mol. The zero-order valence-electron chi connectivity index (χ0n) is 18.4. The molecule has 7 heteroatoms. The highest BCUT2D eigenvalue weighted by molar-refractivity contribution is 7.84. The van der Waals surface area contributed by atoms with Crippen LogP contribution < -0.4 is 15.1 Å². The third kappa shape index (κ3) is 4.70. The maximum absolute atomic E-state index is 12.3. The van der Waals surface area contributed by atoms with E-state index in [2.05, 4.69) is 18.6 Å². The second-order valence-corrected chi connectivity index (χ2v) is 15.0. The minimum absolute atomic E-state index is 0.0531. The summed E-state index contributed by atoms with van der Waals surface area (Å²) in [5, 5.41) is 1.44. The molecule has 164 valence electrons. The number of rotatable bonds is 6. The Labute approximate surface area is 181 Å². The fraction of sp³-hybridized carbons (Fsp3) is 0.478. The lowest BCUT2D eigenvalue weighted by Crippen LogP contribution is -2.66. The summed E-state index contributed by atoms with van der Waals surface area (Å²) in [6, 6.07) is 19.7. The minimum atomic E-state index is -3.78. The summed E-state index contributed by atoms with van der Waals surface area (Å²) in [6.45, 7) is 9.95. The lowest BCUT2D eigenvalue weighted by atomic mass is 9.86. The van der Waals surface area contributed by atoms with E-state index in [0.29, 0.717) is 12.8 Å². The summed E-state index contributed by atoms with van der Waals surface area (Å²) in [5.41, 5.74) is -0.563. The molecule has 1 aliphatic rings. The van der Waals surface area contributed by atoms with E-state index in [1.807, 2.05) is 81.4 Å². The van der Waals surface area contributed by atoms with Gasteiger partial charge in [0.05, 0.1) is 6.10 Å². The first-order valence-electron chi connectivity index (χ1n) is 10.4. The molecule has 1 aliphatic heterocycles. The number of nitrogens with one attached hydrogen (secondary N) is 1. The molecule has 5 nitrogen and oxygen atoms in total. The molecule has 1 heterocycles. The molecule has 2 N–H and O–H groups in total. The molecule has 0 radical (unpaired) electrons. The predicted molar refractivity (Wildman–Crippen MR) is 124 cm³/mol. The fourth-order valence-electron chi connectivity index (χ4n) is 4.79. The van der Waals surface area contributed by atoms with E-state index < -0.39 is 35.3 Å². The zero-order chi connectivity index (χ0) is 22.2. The molecule has 3 rings (SSSR count). The number of hydrogen-bond donors (Lipinski definition) is 2. The van der Waals surface area contributed by atoms with Gasteiger partial charge in [-0.3, -0.25) is 4.18 Å². The Balaban J connectivity index is 1.96. The number of hydrogen-bond acceptors (Lipinski definition) is 4. The topological polar surface area (TPSA) is 75.6 Å². The van der Waals surface area contributed by atoms with Crippen LogP contribution in [0.25, 0.3) is 0 Å². The normalized spacial score (nSPS) is 22.4. The van der Waals surface area contributed by atoms with E-state index in [0.717, 1.165) is 10.4 Å². The second-order valence-electron chi connectivity index (χ2n) is 9.79. The van der Waals surface area contributed by atoms with Gasteiger partial charge in [0.1, 0.15) is 0 Å². The van der Waals surface area contributed by atoms with Crippen LogP contribution in [0.4, 0.5) is 0 Å². The van der Waals surface area contributed by atoms with Crippen LogP contribution in [0.2, 0.25) is 5.04 Å². The molecule has 0 bridgehead atoms. The molecule has 0 aliphatic carbocycles. The molecule has 0 aromatic heterocycles. The Morgan fingerprint density at radius 3 is 2.00 bits per heavy atom. The van der Waals surface area contributed by atoms with Gasteiger partial charge in [0.15, 0.2) is 0 Å². The van der Waals surface area contributed by atoms with E-state index in [1.54, 1.807) is 0 Å². The van der Waals surface area contributed by atoms with Crippen LogP contribution in [0, 0.1) is 5.92 Å². The van der Waals surface area contributed by atoms with Crippen molar-refractivity contribution in [3.8, 4) is 0 Å². The monoisotopic (exact) mass is 447 g/mol. The molecule has 30 heavy (non-hydrogen) atoms. The first-order chi connectivity index (χ1) is 13.9. The van der Waals surface area contributed by atoms with Crippen LogP contribution in [-0.4, -0.2) is 33.2 Å². The summed E-state index contributed by atoms with van der Waals surface area (Å²) in [6.07, 6.45) is 0.783. The zero-order valence-corrected chi connectivity index (χ0v) is 20.2. The van der Waals surface area contributed by atoms with E-state index in [1.165, 1.54) is 0 Å². The van der Waals surface area contributed by atoms with Gasteiger partial charge in [-0.15, -0.1) is 0 Å². The Kier molecular flexibility index (Phi) is 6.33. The third-order valence-corrected chi connectivity index (χ3v) is 12.0. The maximum atomic E-state index is 12.3. The largest absolute Gasteiger partial charge is 0.424 e. The Bertz CT molecular complexity index is 922. The smallest absolute Gasteiger partial charge is 0.336 e. The first kappa shape index (κ1) is 23.2. The molecule has 2 aromatic carbocycles. The standard InChI is InChI=1S/C23H33NO4SSi/c1-18(21-17-22(2,3)24-29(25,26)28-21)16-23(4,5)30(27,19-12-8-6-9-13-19)20-14-10-7-11-15-20/h6-15,18,21,24,27H,16-17H2,1-5H3/t18-,21+/m1/s1. The van der Waals surface area contributed by atoms with Gasteiger partial charge in [0.2, 0.25) is 0 Å². The van der Waals surface area contributed by atoms with Gasteiger partial charge in [-0.1, -0.05) is 81.4 Å². The second kappa shape index (κ2) is 8.20. The molecule has 0 spiro atoms. The van der Waals surface area contributed by atoms with Crippen molar-refractivity contribution in [2.75, 3.05) is 0 Å². The van der Waals surface area contributed by atoms with Crippen LogP contribution in [0.3, 0.4) is 0 Å². The van der Waals surface area contributed by atoms with Crippen molar-refractivity contribution in [1.82, 2.24) is 4.72 Å². The summed E-state index contributed by atoms with van der Waals surface area (Å²) in [7, 11) is -6.93. The summed E-state index contributed by atoms with van der Waals surface area (Å²) >= 11 is 0. The molecule has 1 saturated heterocycles. The van der Waals surface area contributed by atoms with Gasteiger partial charge in [-0.25, -0.2) is 0 Å². The van der Waals surface area contributed by atoms with E-state index in [4.69, 9.17) is 4.18 Å². The molecule has 2 atom stereocenters. The molecule has 0 amide bonds. The van der Waals surface area contributed by atoms with Crippen molar-refractivity contribution in [3.05, 3.63) is 60.7 Å². The molecule has 0 unspecified atom stereocenters. The Morgan fingerprint density at radius 2 is 1.57 bits per heavy atom. The summed E-state index contributed by atoms with van der Waals surface area (Å²) in [5.74, 6) is -0.0531. The van der Waals surface area contributed by atoms with Gasteiger partial charge in [0.25, 0.3) is 8.32 Å². The van der Waals surface area contributed by atoms with Crippen molar-refractivity contribution >= 4 is 29.0 Å². The lowest BCUT2D eigenvalue weighted by molar-refractivity contribution is 0.0778. The summed E-state index contributed by atoms with van der Waals surface area (Å²) in [4.78, 5) is 12.3. The average Bonchev–Trinajstić information content (AvgIpc) is 2.66. The van der Waals surface area contributed by atoms with Gasteiger partial charge in [0, 0.05) is 5.54 Å². The van der Waals surface area contributed by atoms with Crippen molar-refractivity contribution in [2.24, 2.45) is 5.92 Å². The van der Waals surface area contributed by atoms with Gasteiger partial charge >= 0.3 is 10.3 Å². The molecular formula is C23H33NO4SSi. The Morgan fingerprint density at radius 1 is 1.10 bits per heavy atom. The SMILES string of the molecule is C[C@H](CC(C)(C)[Si](O)(c1ccccc1)c1ccccc1)[C@@H]1CC(C)(C)NS(=O)(=O)O1. The van der Waals surface area contributed by atoms with E-state index in [9.17, 15) is 13.2 Å². The van der Waals surface area contributed by atoms with Crippen LogP contribution in [0.5, 0.6) is 0 Å². The first-order valence-corrected chi connectivity index (χ1v) is 13.8. The van der Waals surface area contributed by atoms with Crippen LogP contribution in [0.1, 0.15) is 47.5 Å². The van der Waals surface area contributed by atoms with Crippen molar-refractivity contribution < 1.29 is 17.4 Å². The maximum Gasteiger partial charge on any atom is 0.336 e. The third-order valence-electron chi connectivity index (χ3n) is 6.19.